The fourth-order valence-electron chi connectivity index (χ4n) is 2.56. The molecular formula is C16H19N3S. The van der Waals surface area contributed by atoms with E-state index in [4.69, 9.17) is 10.7 Å². The van der Waals surface area contributed by atoms with Crippen LogP contribution < -0.4 is 5.73 Å². The molecule has 0 amide bonds. The van der Waals surface area contributed by atoms with Gasteiger partial charge in [0.1, 0.15) is 0 Å². The summed E-state index contributed by atoms with van der Waals surface area (Å²) in [4.78, 5) is 6.12. The van der Waals surface area contributed by atoms with Gasteiger partial charge in [0.05, 0.1) is 15.9 Å². The highest BCUT2D eigenvalue weighted by Gasteiger charge is 2.17. The molecule has 0 bridgehead atoms. The molecule has 0 saturated heterocycles. The van der Waals surface area contributed by atoms with Crippen LogP contribution in [-0.2, 0) is 6.54 Å². The number of hydrogen-bond acceptors (Lipinski definition) is 3. The number of benzene rings is 1. The topological polar surface area (TPSA) is 43.8 Å². The highest BCUT2D eigenvalue weighted by molar-refractivity contribution is 7.13. The third-order valence-electron chi connectivity index (χ3n) is 3.57. The molecule has 0 aliphatic heterocycles. The van der Waals surface area contributed by atoms with Gasteiger partial charge in [0.15, 0.2) is 5.82 Å². The molecule has 2 N–H and O–H groups in total. The van der Waals surface area contributed by atoms with Gasteiger partial charge in [-0.1, -0.05) is 6.07 Å². The Labute approximate surface area is 123 Å². The zero-order valence-electron chi connectivity index (χ0n) is 12.1. The van der Waals surface area contributed by atoms with E-state index in [1.807, 2.05) is 0 Å². The van der Waals surface area contributed by atoms with E-state index in [1.54, 1.807) is 11.3 Å². The van der Waals surface area contributed by atoms with Crippen LogP contribution in [-0.4, -0.2) is 9.55 Å². The first-order valence-electron chi connectivity index (χ1n) is 6.87. The number of aryl methyl sites for hydroxylation is 1. The Balaban J connectivity index is 2.31. The number of fused-ring (bicyclic) bond motifs is 1. The van der Waals surface area contributed by atoms with Gasteiger partial charge in [-0.15, -0.1) is 11.3 Å². The normalized spacial score (nSPS) is 11.7. The fraction of sp³-hybridized carbons (Fsp3) is 0.312. The fourth-order valence-corrected chi connectivity index (χ4v) is 3.47. The smallest absolute Gasteiger partial charge is 0.151 e. The molecule has 0 atom stereocenters. The molecule has 2 heterocycles. The molecule has 3 nitrogen and oxygen atoms in total. The average Bonchev–Trinajstić information content (AvgIpc) is 3.00. The second-order valence-electron chi connectivity index (χ2n) is 5.36. The number of aromatic nitrogens is 2. The monoisotopic (exact) mass is 285 g/mol. The van der Waals surface area contributed by atoms with Gasteiger partial charge >= 0.3 is 0 Å². The average molecular weight is 285 g/mol. The van der Waals surface area contributed by atoms with Crippen LogP contribution in [0.4, 0.5) is 0 Å². The van der Waals surface area contributed by atoms with Crippen molar-refractivity contribution in [2.75, 3.05) is 0 Å². The SMILES string of the molecule is Cc1ccsc1-c1nc2cc(CN)ccc2n1C(C)C. The van der Waals surface area contributed by atoms with Crippen LogP contribution in [0.5, 0.6) is 0 Å². The van der Waals surface area contributed by atoms with Crippen LogP contribution in [0.1, 0.15) is 31.0 Å². The third kappa shape index (κ3) is 2.05. The third-order valence-corrected chi connectivity index (χ3v) is 4.58. The van der Waals surface area contributed by atoms with E-state index in [0.717, 1.165) is 16.9 Å². The molecular weight excluding hydrogens is 266 g/mol. The standard InChI is InChI=1S/C16H19N3S/c1-10(2)19-14-5-4-12(9-17)8-13(14)18-16(19)15-11(3)6-7-20-15/h4-8,10H,9,17H2,1-3H3. The zero-order valence-corrected chi connectivity index (χ0v) is 12.9. The van der Waals surface area contributed by atoms with Gasteiger partial charge in [0.25, 0.3) is 0 Å². The number of rotatable bonds is 3. The highest BCUT2D eigenvalue weighted by Crippen LogP contribution is 2.33. The van der Waals surface area contributed by atoms with Crippen molar-refractivity contribution < 1.29 is 0 Å². The van der Waals surface area contributed by atoms with Crippen LogP contribution in [0.25, 0.3) is 21.7 Å². The molecule has 1 aromatic carbocycles. The first-order valence-corrected chi connectivity index (χ1v) is 7.75. The van der Waals surface area contributed by atoms with Gasteiger partial charge in [0, 0.05) is 12.6 Å². The summed E-state index contributed by atoms with van der Waals surface area (Å²) in [7, 11) is 0. The summed E-state index contributed by atoms with van der Waals surface area (Å²) in [5.74, 6) is 1.07. The molecule has 2 aromatic heterocycles. The van der Waals surface area contributed by atoms with Crippen LogP contribution in [0.3, 0.4) is 0 Å². The quantitative estimate of drug-likeness (QED) is 0.787. The molecule has 104 valence electrons. The maximum Gasteiger partial charge on any atom is 0.151 e. The Morgan fingerprint density at radius 1 is 1.30 bits per heavy atom. The number of nitrogens with zero attached hydrogens (tertiary/aromatic N) is 2. The van der Waals surface area contributed by atoms with Gasteiger partial charge in [-0.3, -0.25) is 0 Å². The molecule has 0 fully saturated rings. The van der Waals surface area contributed by atoms with Gasteiger partial charge in [-0.05, 0) is 55.5 Å². The van der Waals surface area contributed by atoms with Crippen molar-refractivity contribution in [3.05, 3.63) is 40.8 Å². The Bertz CT molecular complexity index is 752. The van der Waals surface area contributed by atoms with E-state index in [0.29, 0.717) is 12.6 Å². The molecule has 0 spiro atoms. The number of thiophene rings is 1. The van der Waals surface area contributed by atoms with E-state index in [-0.39, 0.29) is 0 Å². The van der Waals surface area contributed by atoms with E-state index < -0.39 is 0 Å². The summed E-state index contributed by atoms with van der Waals surface area (Å²) in [6.07, 6.45) is 0. The minimum Gasteiger partial charge on any atom is -0.326 e. The van der Waals surface area contributed by atoms with Crippen LogP contribution in [0.2, 0.25) is 0 Å². The van der Waals surface area contributed by atoms with Crippen LogP contribution in [0.15, 0.2) is 29.6 Å². The maximum atomic E-state index is 5.73. The second kappa shape index (κ2) is 5.04. The van der Waals surface area contributed by atoms with Crippen LogP contribution >= 0.6 is 11.3 Å². The van der Waals surface area contributed by atoms with E-state index in [9.17, 15) is 0 Å². The molecule has 3 aromatic rings. The largest absolute Gasteiger partial charge is 0.326 e. The Morgan fingerprint density at radius 3 is 2.70 bits per heavy atom. The summed E-state index contributed by atoms with van der Waals surface area (Å²) in [5.41, 5.74) is 10.4. The number of nitrogens with two attached hydrogens (primary N) is 1. The number of hydrogen-bond donors (Lipinski definition) is 1. The first kappa shape index (κ1) is 13.3. The van der Waals surface area contributed by atoms with Crippen LogP contribution in [0, 0.1) is 6.92 Å². The van der Waals surface area contributed by atoms with Crippen molar-refractivity contribution in [1.29, 1.82) is 0 Å². The Hall–Kier alpha value is -1.65. The van der Waals surface area contributed by atoms with Gasteiger partial charge in [0.2, 0.25) is 0 Å². The lowest BCUT2D eigenvalue weighted by Gasteiger charge is -2.12. The molecule has 0 radical (unpaired) electrons. The van der Waals surface area contributed by atoms with E-state index in [1.165, 1.54) is 16.0 Å². The minimum absolute atomic E-state index is 0.375. The van der Waals surface area contributed by atoms with E-state index >= 15 is 0 Å². The molecule has 3 rings (SSSR count). The second-order valence-corrected chi connectivity index (χ2v) is 6.28. The summed E-state index contributed by atoms with van der Waals surface area (Å²) >= 11 is 1.75. The highest BCUT2D eigenvalue weighted by atomic mass is 32.1. The molecule has 0 aliphatic rings. The first-order chi connectivity index (χ1) is 9.61. The summed E-state index contributed by atoms with van der Waals surface area (Å²) in [6.45, 7) is 7.09. The van der Waals surface area contributed by atoms with Crippen molar-refractivity contribution in [3.63, 3.8) is 0 Å². The van der Waals surface area contributed by atoms with E-state index in [2.05, 4.69) is 55.0 Å². The molecule has 0 aliphatic carbocycles. The van der Waals surface area contributed by atoms with Gasteiger partial charge in [-0.2, -0.15) is 0 Å². The lowest BCUT2D eigenvalue weighted by molar-refractivity contribution is 0.625. The Morgan fingerprint density at radius 2 is 2.10 bits per heavy atom. The molecule has 0 saturated carbocycles. The number of imidazole rings is 1. The minimum atomic E-state index is 0.375. The predicted molar refractivity (Wildman–Crippen MR) is 86.1 cm³/mol. The summed E-state index contributed by atoms with van der Waals surface area (Å²) < 4.78 is 2.31. The lowest BCUT2D eigenvalue weighted by Crippen LogP contribution is -2.03. The lowest BCUT2D eigenvalue weighted by atomic mass is 10.2. The zero-order chi connectivity index (χ0) is 14.3. The van der Waals surface area contributed by atoms with Crippen molar-refractivity contribution >= 4 is 22.4 Å². The van der Waals surface area contributed by atoms with Crippen molar-refractivity contribution in [2.24, 2.45) is 5.73 Å². The van der Waals surface area contributed by atoms with Crippen molar-refractivity contribution in [3.8, 4) is 10.7 Å². The maximum absolute atomic E-state index is 5.73. The Kier molecular flexibility index (Phi) is 3.36. The predicted octanol–water partition coefficient (Wildman–Crippen LogP) is 4.11. The summed E-state index contributed by atoms with van der Waals surface area (Å²) in [5, 5.41) is 2.12. The molecule has 4 heteroatoms. The molecule has 20 heavy (non-hydrogen) atoms. The molecule has 0 unspecified atom stereocenters. The van der Waals surface area contributed by atoms with Crippen molar-refractivity contribution in [1.82, 2.24) is 9.55 Å². The van der Waals surface area contributed by atoms with Gasteiger partial charge in [-0.25, -0.2) is 4.98 Å². The van der Waals surface area contributed by atoms with Crippen molar-refractivity contribution in [2.45, 2.75) is 33.4 Å². The van der Waals surface area contributed by atoms with Gasteiger partial charge < -0.3 is 10.3 Å². The summed E-state index contributed by atoms with van der Waals surface area (Å²) in [6, 6.07) is 8.85.